The number of hydrogen-bond acceptors (Lipinski definition) is 7. The Kier molecular flexibility index (Phi) is 6.24. The van der Waals surface area contributed by atoms with Crippen LogP contribution < -0.4 is 9.91 Å². The van der Waals surface area contributed by atoms with E-state index in [1.807, 2.05) is 29.6 Å². The Morgan fingerprint density at radius 1 is 1.16 bits per heavy atom. The summed E-state index contributed by atoms with van der Waals surface area (Å²) in [6, 6.07) is 14.0. The van der Waals surface area contributed by atoms with Crippen molar-refractivity contribution in [2.45, 2.75) is 19.9 Å². The molecule has 0 fully saturated rings. The summed E-state index contributed by atoms with van der Waals surface area (Å²) >= 11 is 4.77. The summed E-state index contributed by atoms with van der Waals surface area (Å²) in [7, 11) is 1.70. The molecule has 0 aliphatic carbocycles. The van der Waals surface area contributed by atoms with Crippen molar-refractivity contribution in [3.8, 4) is 11.3 Å². The van der Waals surface area contributed by atoms with Crippen LogP contribution in [0.25, 0.3) is 11.3 Å². The zero-order valence-corrected chi connectivity index (χ0v) is 20.0. The fraction of sp³-hybridized carbons (Fsp3) is 0.182. The van der Waals surface area contributed by atoms with Crippen LogP contribution in [0.5, 0.6) is 0 Å². The molecule has 32 heavy (non-hydrogen) atoms. The second-order valence-corrected chi connectivity index (χ2v) is 8.88. The number of azo groups is 1. The van der Waals surface area contributed by atoms with Gasteiger partial charge in [0.05, 0.1) is 17.1 Å². The maximum absolute atomic E-state index is 12.9. The Labute approximate surface area is 197 Å². The van der Waals surface area contributed by atoms with E-state index in [0.717, 1.165) is 21.4 Å². The van der Waals surface area contributed by atoms with Gasteiger partial charge < -0.3 is 4.90 Å². The summed E-state index contributed by atoms with van der Waals surface area (Å²) in [5.74, 6) is -0.357. The number of anilines is 2. The van der Waals surface area contributed by atoms with Crippen molar-refractivity contribution in [2.75, 3.05) is 17.0 Å². The summed E-state index contributed by atoms with van der Waals surface area (Å²) in [6.07, 6.45) is 0. The standard InChI is InChI=1S/C22H19BrN6O2S/c1-13-20(26-25-17-8-10-18(11-9-17)28(3)14(2)30)21(31)29(27-13)22-24-19(12-32-22)15-4-6-16(23)7-5-15/h4-12,20H,1-3H3/t20-/m1/s1. The lowest BCUT2D eigenvalue weighted by Crippen LogP contribution is -2.29. The second kappa shape index (κ2) is 9.09. The molecule has 2 aromatic carbocycles. The predicted molar refractivity (Wildman–Crippen MR) is 130 cm³/mol. The first-order chi connectivity index (χ1) is 15.3. The molecule has 0 N–H and O–H groups in total. The third-order valence-electron chi connectivity index (χ3n) is 4.91. The van der Waals surface area contributed by atoms with Gasteiger partial charge in [0, 0.05) is 35.1 Å². The summed E-state index contributed by atoms with van der Waals surface area (Å²) in [4.78, 5) is 30.5. The summed E-state index contributed by atoms with van der Waals surface area (Å²) in [5, 5.41) is 16.4. The van der Waals surface area contributed by atoms with Gasteiger partial charge in [0.15, 0.2) is 6.04 Å². The highest BCUT2D eigenvalue weighted by Crippen LogP contribution is 2.31. The fourth-order valence-corrected chi connectivity index (χ4v) is 4.04. The lowest BCUT2D eigenvalue weighted by Gasteiger charge is -2.14. The minimum Gasteiger partial charge on any atom is -0.316 e. The smallest absolute Gasteiger partial charge is 0.282 e. The molecule has 0 spiro atoms. The minimum absolute atomic E-state index is 0.0617. The van der Waals surface area contributed by atoms with E-state index in [1.165, 1.54) is 28.2 Å². The zero-order chi connectivity index (χ0) is 22.8. The van der Waals surface area contributed by atoms with Gasteiger partial charge in [-0.1, -0.05) is 28.1 Å². The number of hydrogen-bond donors (Lipinski definition) is 0. The Morgan fingerprint density at radius 2 is 1.84 bits per heavy atom. The SMILES string of the molecule is CC(=O)N(C)c1ccc(N=N[C@H]2C(=O)N(c3nc(-c4ccc(Br)cc4)cs3)N=C2C)cc1. The molecule has 4 rings (SSSR count). The monoisotopic (exact) mass is 510 g/mol. The summed E-state index contributed by atoms with van der Waals surface area (Å²) in [6.45, 7) is 3.24. The first kappa shape index (κ1) is 22.0. The number of halogens is 1. The largest absolute Gasteiger partial charge is 0.316 e. The molecule has 10 heteroatoms. The molecule has 1 aliphatic rings. The maximum Gasteiger partial charge on any atom is 0.282 e. The van der Waals surface area contributed by atoms with E-state index < -0.39 is 6.04 Å². The first-order valence-corrected chi connectivity index (χ1v) is 11.4. The number of hydrazone groups is 1. The number of amides is 2. The number of carbonyl (C=O) groups is 2. The minimum atomic E-state index is -0.797. The van der Waals surface area contributed by atoms with Crippen LogP contribution >= 0.6 is 27.3 Å². The highest BCUT2D eigenvalue weighted by Gasteiger charge is 2.36. The molecule has 0 bridgehead atoms. The van der Waals surface area contributed by atoms with E-state index in [2.05, 4.69) is 36.2 Å². The van der Waals surface area contributed by atoms with Crippen LogP contribution in [-0.4, -0.2) is 35.6 Å². The Bertz CT molecular complexity index is 1220. The molecule has 8 nitrogen and oxygen atoms in total. The molecular formula is C22H19BrN6O2S. The molecule has 0 unspecified atom stereocenters. The van der Waals surface area contributed by atoms with Gasteiger partial charge in [0.2, 0.25) is 11.0 Å². The summed E-state index contributed by atoms with van der Waals surface area (Å²) in [5.41, 5.74) is 3.61. The summed E-state index contributed by atoms with van der Waals surface area (Å²) < 4.78 is 0.986. The average Bonchev–Trinajstić information content (AvgIpc) is 3.37. The number of benzene rings is 2. The van der Waals surface area contributed by atoms with Gasteiger partial charge in [-0.25, -0.2) is 4.98 Å². The van der Waals surface area contributed by atoms with Gasteiger partial charge in [-0.05, 0) is 43.3 Å². The molecule has 1 aromatic heterocycles. The van der Waals surface area contributed by atoms with Crippen LogP contribution in [0.2, 0.25) is 0 Å². The molecular weight excluding hydrogens is 492 g/mol. The maximum atomic E-state index is 12.9. The molecule has 0 saturated carbocycles. The van der Waals surface area contributed by atoms with Gasteiger partial charge in [0.25, 0.3) is 5.91 Å². The Morgan fingerprint density at radius 3 is 2.50 bits per heavy atom. The van der Waals surface area contributed by atoms with Crippen LogP contribution in [0.15, 0.2) is 73.7 Å². The van der Waals surface area contributed by atoms with Crippen LogP contribution in [0.3, 0.4) is 0 Å². The van der Waals surface area contributed by atoms with Crippen molar-refractivity contribution in [3.63, 3.8) is 0 Å². The van der Waals surface area contributed by atoms with Gasteiger partial charge in [0.1, 0.15) is 0 Å². The fourth-order valence-electron chi connectivity index (χ4n) is 2.99. The van der Waals surface area contributed by atoms with Gasteiger partial charge >= 0.3 is 0 Å². The number of aromatic nitrogens is 1. The van der Waals surface area contributed by atoms with E-state index >= 15 is 0 Å². The van der Waals surface area contributed by atoms with Crippen LogP contribution in [-0.2, 0) is 9.59 Å². The number of carbonyl (C=O) groups excluding carboxylic acids is 2. The van der Waals surface area contributed by atoms with Gasteiger partial charge in [-0.15, -0.1) is 11.3 Å². The van der Waals surface area contributed by atoms with Crippen molar-refractivity contribution in [1.29, 1.82) is 0 Å². The lowest BCUT2D eigenvalue weighted by molar-refractivity contribution is -0.118. The second-order valence-electron chi connectivity index (χ2n) is 7.13. The zero-order valence-electron chi connectivity index (χ0n) is 17.6. The van der Waals surface area contributed by atoms with E-state index in [4.69, 9.17) is 0 Å². The van der Waals surface area contributed by atoms with E-state index in [9.17, 15) is 9.59 Å². The van der Waals surface area contributed by atoms with E-state index in [1.54, 1.807) is 38.2 Å². The third kappa shape index (κ3) is 4.51. The Balaban J connectivity index is 1.48. The topological polar surface area (TPSA) is 90.6 Å². The third-order valence-corrected chi connectivity index (χ3v) is 6.25. The van der Waals surface area contributed by atoms with Crippen molar-refractivity contribution in [2.24, 2.45) is 15.3 Å². The molecule has 1 aliphatic heterocycles. The van der Waals surface area contributed by atoms with E-state index in [-0.39, 0.29) is 11.8 Å². The number of nitrogens with zero attached hydrogens (tertiary/aromatic N) is 6. The highest BCUT2D eigenvalue weighted by molar-refractivity contribution is 9.10. The van der Waals surface area contributed by atoms with Crippen molar-refractivity contribution < 1.29 is 9.59 Å². The highest BCUT2D eigenvalue weighted by atomic mass is 79.9. The number of thiazole rings is 1. The van der Waals surface area contributed by atoms with Crippen LogP contribution in [0.1, 0.15) is 13.8 Å². The molecule has 2 amide bonds. The Hall–Kier alpha value is -3.24. The number of rotatable bonds is 5. The average molecular weight is 511 g/mol. The van der Waals surface area contributed by atoms with Crippen molar-refractivity contribution in [1.82, 2.24) is 4.98 Å². The molecule has 1 atom stereocenters. The molecule has 3 aromatic rings. The normalized spacial score (nSPS) is 16.0. The lowest BCUT2D eigenvalue weighted by atomic mass is 10.2. The van der Waals surface area contributed by atoms with Gasteiger partial charge in [-0.3, -0.25) is 9.59 Å². The van der Waals surface area contributed by atoms with Crippen LogP contribution in [0.4, 0.5) is 16.5 Å². The van der Waals surface area contributed by atoms with Crippen molar-refractivity contribution in [3.05, 3.63) is 58.4 Å². The first-order valence-electron chi connectivity index (χ1n) is 9.69. The molecule has 0 radical (unpaired) electrons. The van der Waals surface area contributed by atoms with Gasteiger partial charge in [-0.2, -0.15) is 20.3 Å². The van der Waals surface area contributed by atoms with E-state index in [0.29, 0.717) is 16.5 Å². The molecule has 162 valence electrons. The van der Waals surface area contributed by atoms with Crippen molar-refractivity contribution >= 4 is 61.3 Å². The molecule has 0 saturated heterocycles. The quantitative estimate of drug-likeness (QED) is 0.428. The van der Waals surface area contributed by atoms with Crippen LogP contribution in [0, 0.1) is 0 Å². The molecule has 2 heterocycles. The predicted octanol–water partition coefficient (Wildman–Crippen LogP) is 5.43.